The van der Waals surface area contributed by atoms with Gasteiger partial charge in [0.2, 0.25) is 0 Å². The zero-order valence-electron chi connectivity index (χ0n) is 11.9. The molecular weight excluding hydrogens is 250 g/mol. The number of amides is 1. The fraction of sp³-hybridized carbons (Fsp3) is 0.235. The number of benzene rings is 2. The van der Waals surface area contributed by atoms with E-state index in [0.29, 0.717) is 0 Å². The van der Waals surface area contributed by atoms with Crippen molar-refractivity contribution in [1.29, 1.82) is 0 Å². The predicted octanol–water partition coefficient (Wildman–Crippen LogP) is 3.33. The monoisotopic (exact) mass is 267 g/mol. The van der Waals surface area contributed by atoms with Crippen molar-refractivity contribution in [2.75, 3.05) is 18.6 Å². The van der Waals surface area contributed by atoms with Gasteiger partial charge in [0.1, 0.15) is 5.75 Å². The maximum absolute atomic E-state index is 11.7. The maximum atomic E-state index is 11.7. The largest absolute Gasteiger partial charge is 0.482 e. The minimum Gasteiger partial charge on any atom is -0.482 e. The standard InChI is InChI=1S/C17H17NO2/c1-11-4-5-13(8-12(11)2)14-6-7-16-15(9-14)18(3)17(19)10-20-16/h4-9H,10H2,1-3H3. The number of nitrogens with zero attached hydrogens (tertiary/aromatic N) is 1. The summed E-state index contributed by atoms with van der Waals surface area (Å²) < 4.78 is 5.45. The van der Waals surface area contributed by atoms with E-state index in [1.165, 1.54) is 11.1 Å². The first-order chi connectivity index (χ1) is 9.56. The van der Waals surface area contributed by atoms with Gasteiger partial charge < -0.3 is 9.64 Å². The zero-order chi connectivity index (χ0) is 14.3. The molecule has 102 valence electrons. The maximum Gasteiger partial charge on any atom is 0.264 e. The first-order valence-corrected chi connectivity index (χ1v) is 6.67. The highest BCUT2D eigenvalue weighted by Crippen LogP contribution is 2.35. The van der Waals surface area contributed by atoms with Gasteiger partial charge in [0.25, 0.3) is 5.91 Å². The summed E-state index contributed by atoms with van der Waals surface area (Å²) in [5, 5.41) is 0. The number of carbonyl (C=O) groups excluding carboxylic acids is 1. The first kappa shape index (κ1) is 12.7. The quantitative estimate of drug-likeness (QED) is 0.793. The van der Waals surface area contributed by atoms with E-state index in [1.54, 1.807) is 11.9 Å². The summed E-state index contributed by atoms with van der Waals surface area (Å²) >= 11 is 0. The van der Waals surface area contributed by atoms with Crippen LogP contribution in [0.15, 0.2) is 36.4 Å². The Kier molecular flexibility index (Phi) is 2.97. The number of ether oxygens (including phenoxy) is 1. The van der Waals surface area contributed by atoms with Crippen LogP contribution in [0.3, 0.4) is 0 Å². The average molecular weight is 267 g/mol. The lowest BCUT2D eigenvalue weighted by molar-refractivity contribution is -0.120. The van der Waals surface area contributed by atoms with E-state index in [1.807, 2.05) is 18.2 Å². The Morgan fingerprint density at radius 1 is 1.00 bits per heavy atom. The minimum absolute atomic E-state index is 0.0188. The molecule has 3 rings (SSSR count). The van der Waals surface area contributed by atoms with Crippen LogP contribution in [0.1, 0.15) is 11.1 Å². The van der Waals surface area contributed by atoms with Crippen LogP contribution in [-0.4, -0.2) is 19.6 Å². The molecule has 1 heterocycles. The Balaban J connectivity index is 2.07. The van der Waals surface area contributed by atoms with Gasteiger partial charge in [-0.15, -0.1) is 0 Å². The molecule has 0 spiro atoms. The Morgan fingerprint density at radius 3 is 2.45 bits per heavy atom. The fourth-order valence-electron chi connectivity index (χ4n) is 2.37. The molecule has 2 aromatic rings. The first-order valence-electron chi connectivity index (χ1n) is 6.67. The SMILES string of the molecule is Cc1ccc(-c2ccc3c(c2)N(C)C(=O)CO3)cc1C. The van der Waals surface area contributed by atoms with Gasteiger partial charge in [0, 0.05) is 7.05 Å². The molecule has 0 fully saturated rings. The second-order valence-electron chi connectivity index (χ2n) is 5.22. The van der Waals surface area contributed by atoms with Crippen LogP contribution in [-0.2, 0) is 4.79 Å². The summed E-state index contributed by atoms with van der Waals surface area (Å²) in [5.41, 5.74) is 5.62. The van der Waals surface area contributed by atoms with Crippen LogP contribution >= 0.6 is 0 Å². The molecular formula is C17H17NO2. The highest BCUT2D eigenvalue weighted by molar-refractivity contribution is 5.98. The molecule has 0 radical (unpaired) electrons. The summed E-state index contributed by atoms with van der Waals surface area (Å²) in [7, 11) is 1.79. The summed E-state index contributed by atoms with van der Waals surface area (Å²) in [6, 6.07) is 12.4. The van der Waals surface area contributed by atoms with Gasteiger partial charge in [-0.2, -0.15) is 0 Å². The normalized spacial score (nSPS) is 13.9. The third kappa shape index (κ3) is 2.05. The van der Waals surface area contributed by atoms with E-state index in [2.05, 4.69) is 32.0 Å². The summed E-state index contributed by atoms with van der Waals surface area (Å²) in [5.74, 6) is 0.745. The van der Waals surface area contributed by atoms with Crippen LogP contribution < -0.4 is 9.64 Å². The van der Waals surface area contributed by atoms with Crippen LogP contribution in [0.5, 0.6) is 5.75 Å². The van der Waals surface area contributed by atoms with Crippen molar-refractivity contribution in [2.24, 2.45) is 0 Å². The van der Waals surface area contributed by atoms with Gasteiger partial charge in [-0.3, -0.25) is 4.79 Å². The third-order valence-electron chi connectivity index (χ3n) is 3.89. The third-order valence-corrected chi connectivity index (χ3v) is 3.89. The highest BCUT2D eigenvalue weighted by Gasteiger charge is 2.22. The van der Waals surface area contributed by atoms with E-state index < -0.39 is 0 Å². The van der Waals surface area contributed by atoms with Crippen molar-refractivity contribution < 1.29 is 9.53 Å². The average Bonchev–Trinajstić information content (AvgIpc) is 2.46. The summed E-state index contributed by atoms with van der Waals surface area (Å²) in [6.45, 7) is 4.33. The molecule has 1 aliphatic rings. The van der Waals surface area contributed by atoms with E-state index >= 15 is 0 Å². The Bertz CT molecular complexity index is 691. The number of carbonyl (C=O) groups is 1. The van der Waals surface area contributed by atoms with Crippen LogP contribution in [0.25, 0.3) is 11.1 Å². The van der Waals surface area contributed by atoms with Crippen LogP contribution in [0, 0.1) is 13.8 Å². The Labute approximate surface area is 118 Å². The molecule has 1 aliphatic heterocycles. The number of hydrogen-bond donors (Lipinski definition) is 0. The molecule has 1 amide bonds. The van der Waals surface area contributed by atoms with Gasteiger partial charge >= 0.3 is 0 Å². The predicted molar refractivity (Wildman–Crippen MR) is 80.3 cm³/mol. The van der Waals surface area contributed by atoms with Crippen molar-refractivity contribution in [3.05, 3.63) is 47.5 Å². The van der Waals surface area contributed by atoms with Crippen molar-refractivity contribution in [1.82, 2.24) is 0 Å². The molecule has 0 bridgehead atoms. The Hall–Kier alpha value is -2.29. The zero-order valence-corrected chi connectivity index (χ0v) is 11.9. The minimum atomic E-state index is -0.0188. The molecule has 0 aliphatic carbocycles. The number of hydrogen-bond acceptors (Lipinski definition) is 2. The number of likely N-dealkylation sites (N-methyl/N-ethyl adjacent to an activating group) is 1. The van der Waals surface area contributed by atoms with Crippen LogP contribution in [0.2, 0.25) is 0 Å². The van der Waals surface area contributed by atoms with Gasteiger partial charge in [-0.25, -0.2) is 0 Å². The molecule has 0 saturated heterocycles. The number of anilines is 1. The molecule has 0 unspecified atom stereocenters. The lowest BCUT2D eigenvalue weighted by atomic mass is 9.99. The van der Waals surface area contributed by atoms with Gasteiger partial charge in [0.05, 0.1) is 5.69 Å². The summed E-state index contributed by atoms with van der Waals surface area (Å²) in [6.07, 6.45) is 0. The van der Waals surface area contributed by atoms with Crippen molar-refractivity contribution in [3.63, 3.8) is 0 Å². The molecule has 20 heavy (non-hydrogen) atoms. The van der Waals surface area contributed by atoms with Crippen molar-refractivity contribution >= 4 is 11.6 Å². The number of rotatable bonds is 1. The van der Waals surface area contributed by atoms with Crippen LogP contribution in [0.4, 0.5) is 5.69 Å². The molecule has 2 aromatic carbocycles. The lowest BCUT2D eigenvalue weighted by Gasteiger charge is -2.26. The summed E-state index contributed by atoms with van der Waals surface area (Å²) in [4.78, 5) is 13.4. The number of aryl methyl sites for hydroxylation is 2. The fourth-order valence-corrected chi connectivity index (χ4v) is 2.37. The molecule has 3 nitrogen and oxygen atoms in total. The Morgan fingerprint density at radius 2 is 1.70 bits per heavy atom. The van der Waals surface area contributed by atoms with E-state index in [-0.39, 0.29) is 12.5 Å². The van der Waals surface area contributed by atoms with Gasteiger partial charge in [0.15, 0.2) is 6.61 Å². The van der Waals surface area contributed by atoms with Gasteiger partial charge in [-0.1, -0.05) is 24.3 Å². The van der Waals surface area contributed by atoms with Crippen molar-refractivity contribution in [3.8, 4) is 16.9 Å². The molecule has 0 atom stereocenters. The molecule has 0 aromatic heterocycles. The smallest absolute Gasteiger partial charge is 0.264 e. The van der Waals surface area contributed by atoms with Gasteiger partial charge in [-0.05, 0) is 48.2 Å². The molecule has 0 N–H and O–H groups in total. The van der Waals surface area contributed by atoms with Crippen molar-refractivity contribution in [2.45, 2.75) is 13.8 Å². The highest BCUT2D eigenvalue weighted by atomic mass is 16.5. The van der Waals surface area contributed by atoms with E-state index in [4.69, 9.17) is 4.74 Å². The lowest BCUT2D eigenvalue weighted by Crippen LogP contribution is -2.35. The topological polar surface area (TPSA) is 29.5 Å². The second kappa shape index (κ2) is 4.67. The molecule has 0 saturated carbocycles. The second-order valence-corrected chi connectivity index (χ2v) is 5.22. The van der Waals surface area contributed by atoms with E-state index in [0.717, 1.165) is 22.6 Å². The number of fused-ring (bicyclic) bond motifs is 1. The molecule has 3 heteroatoms. The van der Waals surface area contributed by atoms with E-state index in [9.17, 15) is 4.79 Å².